The van der Waals surface area contributed by atoms with Gasteiger partial charge in [0.1, 0.15) is 6.04 Å². The molecule has 1 fully saturated rings. The second-order valence-electron chi connectivity index (χ2n) is 5.09. The summed E-state index contributed by atoms with van der Waals surface area (Å²) < 4.78 is 0. The molecule has 1 saturated heterocycles. The molecule has 1 heterocycles. The number of hydrogen-bond donors (Lipinski definition) is 3. The van der Waals surface area contributed by atoms with Crippen molar-refractivity contribution in [2.45, 2.75) is 58.0 Å². The van der Waals surface area contributed by atoms with Crippen LogP contribution in [0.25, 0.3) is 0 Å². The lowest BCUT2D eigenvalue weighted by Crippen LogP contribution is -2.54. The van der Waals surface area contributed by atoms with Gasteiger partial charge in [0.2, 0.25) is 5.91 Å². The molecule has 1 amide bonds. The summed E-state index contributed by atoms with van der Waals surface area (Å²) in [5, 5.41) is 14.9. The van der Waals surface area contributed by atoms with Gasteiger partial charge in [-0.2, -0.15) is 0 Å². The maximum absolute atomic E-state index is 12.0. The highest BCUT2D eigenvalue weighted by atomic mass is 16.4. The van der Waals surface area contributed by atoms with Crippen molar-refractivity contribution in [3.05, 3.63) is 0 Å². The molecule has 0 aromatic rings. The van der Waals surface area contributed by atoms with Gasteiger partial charge in [0.25, 0.3) is 0 Å². The van der Waals surface area contributed by atoms with Crippen molar-refractivity contribution in [2.75, 3.05) is 6.54 Å². The number of nitrogens with one attached hydrogen (secondary N) is 2. The van der Waals surface area contributed by atoms with Crippen molar-refractivity contribution in [1.82, 2.24) is 10.6 Å². The second-order valence-corrected chi connectivity index (χ2v) is 5.09. The summed E-state index contributed by atoms with van der Waals surface area (Å²) in [5.41, 5.74) is 0. The summed E-state index contributed by atoms with van der Waals surface area (Å²) in [5.74, 6) is -0.856. The van der Waals surface area contributed by atoms with Gasteiger partial charge in [0.05, 0.1) is 6.04 Å². The molecule has 1 aliphatic rings. The minimum atomic E-state index is -0.944. The van der Waals surface area contributed by atoms with Gasteiger partial charge in [0, 0.05) is 0 Å². The summed E-state index contributed by atoms with van der Waals surface area (Å²) in [6.45, 7) is 4.86. The molecule has 5 heteroatoms. The number of unbranched alkanes of at least 4 members (excludes halogenated alkanes) is 1. The molecule has 0 spiro atoms. The van der Waals surface area contributed by atoms with Crippen LogP contribution in [0.1, 0.15) is 46.0 Å². The number of rotatable bonds is 6. The fourth-order valence-electron chi connectivity index (χ4n) is 2.33. The van der Waals surface area contributed by atoms with Gasteiger partial charge in [-0.15, -0.1) is 0 Å². The van der Waals surface area contributed by atoms with Crippen LogP contribution in [0, 0.1) is 5.92 Å². The van der Waals surface area contributed by atoms with E-state index in [9.17, 15) is 9.59 Å². The number of piperidine rings is 1. The van der Waals surface area contributed by atoms with Crippen LogP contribution < -0.4 is 10.6 Å². The molecule has 3 atom stereocenters. The molecular formula is C13H24N2O3. The smallest absolute Gasteiger partial charge is 0.326 e. The fourth-order valence-corrected chi connectivity index (χ4v) is 2.33. The van der Waals surface area contributed by atoms with Crippen LogP contribution in [0.2, 0.25) is 0 Å². The molecule has 0 aromatic heterocycles. The van der Waals surface area contributed by atoms with E-state index in [4.69, 9.17) is 5.11 Å². The van der Waals surface area contributed by atoms with Crippen LogP contribution in [0.15, 0.2) is 0 Å². The second kappa shape index (κ2) is 7.36. The Kier molecular flexibility index (Phi) is 6.12. The zero-order valence-electron chi connectivity index (χ0n) is 11.2. The van der Waals surface area contributed by atoms with Gasteiger partial charge < -0.3 is 15.7 Å². The molecule has 18 heavy (non-hydrogen) atoms. The Balaban J connectivity index is 2.51. The SMILES string of the molecule is CCCC[C@H](NC(=O)C1NCCCC1C)C(=O)O. The van der Waals surface area contributed by atoms with Crippen molar-refractivity contribution in [3.63, 3.8) is 0 Å². The van der Waals surface area contributed by atoms with Crippen molar-refractivity contribution in [1.29, 1.82) is 0 Å². The topological polar surface area (TPSA) is 78.4 Å². The zero-order valence-corrected chi connectivity index (χ0v) is 11.2. The third-order valence-corrected chi connectivity index (χ3v) is 3.51. The van der Waals surface area contributed by atoms with E-state index in [1.165, 1.54) is 0 Å². The highest BCUT2D eigenvalue weighted by Crippen LogP contribution is 2.16. The average Bonchev–Trinajstić information content (AvgIpc) is 2.34. The van der Waals surface area contributed by atoms with Gasteiger partial charge in [-0.25, -0.2) is 4.79 Å². The lowest BCUT2D eigenvalue weighted by atomic mass is 9.92. The summed E-state index contributed by atoms with van der Waals surface area (Å²) >= 11 is 0. The maximum Gasteiger partial charge on any atom is 0.326 e. The van der Waals surface area contributed by atoms with Gasteiger partial charge in [-0.3, -0.25) is 4.79 Å². The van der Waals surface area contributed by atoms with Crippen molar-refractivity contribution in [3.8, 4) is 0 Å². The van der Waals surface area contributed by atoms with E-state index in [1.54, 1.807) is 0 Å². The molecule has 0 aromatic carbocycles. The van der Waals surface area contributed by atoms with Crippen molar-refractivity contribution < 1.29 is 14.7 Å². The Morgan fingerprint density at radius 3 is 2.78 bits per heavy atom. The Hall–Kier alpha value is -1.10. The molecular weight excluding hydrogens is 232 g/mol. The number of hydrogen-bond acceptors (Lipinski definition) is 3. The number of carbonyl (C=O) groups is 2. The van der Waals surface area contributed by atoms with Gasteiger partial charge >= 0.3 is 5.97 Å². The van der Waals surface area contributed by atoms with E-state index in [-0.39, 0.29) is 17.9 Å². The van der Waals surface area contributed by atoms with E-state index < -0.39 is 12.0 Å². The standard InChI is InChI=1S/C13H24N2O3/c1-3-4-7-10(13(17)18)15-12(16)11-9(2)6-5-8-14-11/h9-11,14H,3-8H2,1-2H3,(H,15,16)(H,17,18)/t9?,10-,11?/m0/s1. The van der Waals surface area contributed by atoms with Crippen LogP contribution in [0.4, 0.5) is 0 Å². The third-order valence-electron chi connectivity index (χ3n) is 3.51. The lowest BCUT2D eigenvalue weighted by molar-refractivity contribution is -0.142. The molecule has 5 nitrogen and oxygen atoms in total. The van der Waals surface area contributed by atoms with E-state index in [0.29, 0.717) is 6.42 Å². The van der Waals surface area contributed by atoms with E-state index in [2.05, 4.69) is 10.6 Å². The monoisotopic (exact) mass is 256 g/mol. The fraction of sp³-hybridized carbons (Fsp3) is 0.846. The largest absolute Gasteiger partial charge is 0.480 e. The first-order chi connectivity index (χ1) is 8.56. The highest BCUT2D eigenvalue weighted by Gasteiger charge is 2.30. The van der Waals surface area contributed by atoms with Crippen LogP contribution in [-0.4, -0.2) is 35.6 Å². The number of carboxylic acid groups (broad SMARTS) is 1. The average molecular weight is 256 g/mol. The van der Waals surface area contributed by atoms with Crippen LogP contribution >= 0.6 is 0 Å². The number of carboxylic acids is 1. The van der Waals surface area contributed by atoms with Crippen LogP contribution in [0.5, 0.6) is 0 Å². The Bertz CT molecular complexity index is 294. The van der Waals surface area contributed by atoms with Crippen LogP contribution in [0.3, 0.4) is 0 Å². The molecule has 2 unspecified atom stereocenters. The summed E-state index contributed by atoms with van der Waals surface area (Å²) in [6.07, 6.45) is 4.32. The molecule has 1 aliphatic heterocycles. The third kappa shape index (κ3) is 4.29. The first kappa shape index (κ1) is 15.0. The summed E-state index contributed by atoms with van der Waals surface area (Å²) in [4.78, 5) is 23.1. The predicted octanol–water partition coefficient (Wildman–Crippen LogP) is 1.13. The zero-order chi connectivity index (χ0) is 13.5. The number of amides is 1. The molecule has 3 N–H and O–H groups in total. The minimum absolute atomic E-state index is 0.175. The molecule has 0 saturated carbocycles. The van der Waals surface area contributed by atoms with Gasteiger partial charge in [-0.1, -0.05) is 26.7 Å². The predicted molar refractivity (Wildman–Crippen MR) is 69.3 cm³/mol. The van der Waals surface area contributed by atoms with Crippen molar-refractivity contribution in [2.24, 2.45) is 5.92 Å². The Labute approximate surface area is 108 Å². The van der Waals surface area contributed by atoms with Gasteiger partial charge in [-0.05, 0) is 31.7 Å². The highest BCUT2D eigenvalue weighted by molar-refractivity contribution is 5.87. The Morgan fingerprint density at radius 1 is 1.50 bits per heavy atom. The van der Waals surface area contributed by atoms with Crippen LogP contribution in [-0.2, 0) is 9.59 Å². The number of carbonyl (C=O) groups excluding carboxylic acids is 1. The quantitative estimate of drug-likeness (QED) is 0.666. The summed E-state index contributed by atoms with van der Waals surface area (Å²) in [7, 11) is 0. The molecule has 0 aliphatic carbocycles. The van der Waals surface area contributed by atoms with Crippen molar-refractivity contribution >= 4 is 11.9 Å². The number of aliphatic carboxylic acids is 1. The maximum atomic E-state index is 12.0. The lowest BCUT2D eigenvalue weighted by Gasteiger charge is -2.30. The first-order valence-electron chi connectivity index (χ1n) is 6.82. The molecule has 0 bridgehead atoms. The molecule has 1 rings (SSSR count). The minimum Gasteiger partial charge on any atom is -0.480 e. The summed E-state index contributed by atoms with van der Waals surface area (Å²) in [6, 6.07) is -1.00. The van der Waals surface area contributed by atoms with E-state index >= 15 is 0 Å². The molecule has 0 radical (unpaired) electrons. The molecule has 104 valence electrons. The van der Waals surface area contributed by atoms with E-state index in [1.807, 2.05) is 13.8 Å². The Morgan fingerprint density at radius 2 is 2.22 bits per heavy atom. The first-order valence-corrected chi connectivity index (χ1v) is 6.82. The van der Waals surface area contributed by atoms with Gasteiger partial charge in [0.15, 0.2) is 0 Å². The van der Waals surface area contributed by atoms with E-state index in [0.717, 1.165) is 32.2 Å². The normalized spacial score (nSPS) is 25.4.